The van der Waals surface area contributed by atoms with Crippen LogP contribution >= 0.6 is 0 Å². The number of hydrogen-bond donors (Lipinski definition) is 3. The summed E-state index contributed by atoms with van der Waals surface area (Å²) in [4.78, 5) is 12.5. The number of nitrogens with one attached hydrogen (secondary N) is 2. The molecule has 0 bridgehead atoms. The first-order valence-electron chi connectivity index (χ1n) is 7.35. The molecular formula is C13H26N6O. The van der Waals surface area contributed by atoms with E-state index < -0.39 is 0 Å². The van der Waals surface area contributed by atoms with Crippen LogP contribution in [0, 0.1) is 0 Å². The van der Waals surface area contributed by atoms with Crippen molar-refractivity contribution >= 4 is 11.9 Å². The standard InChI is InChI=1S/C13H26N6O/c1-4-7-9-10(8-5-2)15-11-16-12(19-14)18-13(17-11)20-6-3/h10H,4-9,14H2,1-3H3,(H2,15,16,17,18,19). The van der Waals surface area contributed by atoms with Gasteiger partial charge in [-0.15, -0.1) is 0 Å². The molecule has 0 fully saturated rings. The van der Waals surface area contributed by atoms with E-state index in [0.717, 1.165) is 19.3 Å². The summed E-state index contributed by atoms with van der Waals surface area (Å²) in [5, 5.41) is 3.35. The zero-order valence-corrected chi connectivity index (χ0v) is 12.6. The summed E-state index contributed by atoms with van der Waals surface area (Å²) in [5.74, 6) is 6.18. The van der Waals surface area contributed by atoms with Crippen molar-refractivity contribution in [1.82, 2.24) is 15.0 Å². The Bertz CT molecular complexity index is 387. The predicted molar refractivity (Wildman–Crippen MR) is 80.6 cm³/mol. The van der Waals surface area contributed by atoms with Gasteiger partial charge in [-0.3, -0.25) is 5.43 Å². The van der Waals surface area contributed by atoms with Gasteiger partial charge in [0.25, 0.3) is 0 Å². The van der Waals surface area contributed by atoms with Crippen molar-refractivity contribution in [2.75, 3.05) is 17.3 Å². The molecule has 1 aromatic rings. The van der Waals surface area contributed by atoms with E-state index in [1.807, 2.05) is 6.92 Å². The lowest BCUT2D eigenvalue weighted by Crippen LogP contribution is -2.22. The van der Waals surface area contributed by atoms with Crippen LogP contribution in [0.1, 0.15) is 52.9 Å². The fourth-order valence-electron chi connectivity index (χ4n) is 1.95. The van der Waals surface area contributed by atoms with Crippen LogP contribution in [0.25, 0.3) is 0 Å². The van der Waals surface area contributed by atoms with Crippen molar-refractivity contribution in [2.24, 2.45) is 5.84 Å². The van der Waals surface area contributed by atoms with E-state index in [1.165, 1.54) is 12.8 Å². The van der Waals surface area contributed by atoms with E-state index in [4.69, 9.17) is 10.6 Å². The van der Waals surface area contributed by atoms with Gasteiger partial charge in [-0.1, -0.05) is 33.1 Å². The average molecular weight is 282 g/mol. The smallest absolute Gasteiger partial charge is 0.323 e. The zero-order valence-electron chi connectivity index (χ0n) is 12.6. The third-order valence-electron chi connectivity index (χ3n) is 2.89. The molecule has 1 unspecified atom stereocenters. The molecule has 0 amide bonds. The largest absolute Gasteiger partial charge is 0.464 e. The molecular weight excluding hydrogens is 256 g/mol. The highest BCUT2D eigenvalue weighted by Gasteiger charge is 2.12. The fourth-order valence-corrected chi connectivity index (χ4v) is 1.95. The van der Waals surface area contributed by atoms with Crippen molar-refractivity contribution in [3.8, 4) is 6.01 Å². The molecule has 0 aliphatic heterocycles. The summed E-state index contributed by atoms with van der Waals surface area (Å²) in [5.41, 5.74) is 2.43. The van der Waals surface area contributed by atoms with E-state index in [1.54, 1.807) is 0 Å². The number of anilines is 2. The van der Waals surface area contributed by atoms with Gasteiger partial charge in [0.05, 0.1) is 6.61 Å². The highest BCUT2D eigenvalue weighted by molar-refractivity contribution is 5.35. The van der Waals surface area contributed by atoms with E-state index in [2.05, 4.69) is 39.5 Å². The van der Waals surface area contributed by atoms with Gasteiger partial charge in [-0.2, -0.15) is 15.0 Å². The second-order valence-corrected chi connectivity index (χ2v) is 4.61. The highest BCUT2D eigenvalue weighted by atomic mass is 16.5. The molecule has 7 heteroatoms. The number of hydrazine groups is 1. The van der Waals surface area contributed by atoms with Gasteiger partial charge in [0.2, 0.25) is 11.9 Å². The molecule has 1 aromatic heterocycles. The predicted octanol–water partition coefficient (Wildman–Crippen LogP) is 2.33. The Morgan fingerprint density at radius 1 is 1.05 bits per heavy atom. The normalized spacial score (nSPS) is 12.0. The third kappa shape index (κ3) is 5.56. The van der Waals surface area contributed by atoms with Crippen LogP contribution in [0.5, 0.6) is 6.01 Å². The Morgan fingerprint density at radius 3 is 2.40 bits per heavy atom. The lowest BCUT2D eigenvalue weighted by atomic mass is 10.1. The van der Waals surface area contributed by atoms with Crippen molar-refractivity contribution in [2.45, 2.75) is 58.9 Å². The van der Waals surface area contributed by atoms with Gasteiger partial charge in [-0.05, 0) is 19.8 Å². The van der Waals surface area contributed by atoms with Crippen LogP contribution in [-0.2, 0) is 0 Å². The Balaban J connectivity index is 2.78. The molecule has 7 nitrogen and oxygen atoms in total. The molecule has 0 aliphatic rings. The van der Waals surface area contributed by atoms with Crippen molar-refractivity contribution in [3.63, 3.8) is 0 Å². The minimum Gasteiger partial charge on any atom is -0.464 e. The Labute approximate surface area is 120 Å². The minimum absolute atomic E-state index is 0.281. The Kier molecular flexibility index (Phi) is 7.64. The second kappa shape index (κ2) is 9.30. The summed E-state index contributed by atoms with van der Waals surface area (Å²) in [6, 6.07) is 0.645. The van der Waals surface area contributed by atoms with Gasteiger partial charge in [0.1, 0.15) is 0 Å². The van der Waals surface area contributed by atoms with Gasteiger partial charge >= 0.3 is 6.01 Å². The summed E-state index contributed by atoms with van der Waals surface area (Å²) >= 11 is 0. The van der Waals surface area contributed by atoms with E-state index >= 15 is 0 Å². The maximum Gasteiger partial charge on any atom is 0.323 e. The summed E-state index contributed by atoms with van der Waals surface area (Å²) < 4.78 is 5.31. The molecule has 20 heavy (non-hydrogen) atoms. The van der Waals surface area contributed by atoms with Crippen molar-refractivity contribution in [1.29, 1.82) is 0 Å². The quantitative estimate of drug-likeness (QED) is 0.447. The van der Waals surface area contributed by atoms with E-state index in [0.29, 0.717) is 24.5 Å². The number of rotatable bonds is 10. The first-order valence-corrected chi connectivity index (χ1v) is 7.35. The number of ether oxygens (including phenoxy) is 1. The molecule has 0 radical (unpaired) electrons. The number of unbranched alkanes of at least 4 members (excludes halogenated alkanes) is 1. The van der Waals surface area contributed by atoms with Gasteiger partial charge in [-0.25, -0.2) is 5.84 Å². The lowest BCUT2D eigenvalue weighted by molar-refractivity contribution is 0.312. The number of aromatic nitrogens is 3. The maximum absolute atomic E-state index is 5.37. The molecule has 1 rings (SSSR count). The number of nitrogens with zero attached hydrogens (tertiary/aromatic N) is 3. The molecule has 0 saturated heterocycles. The number of hydrogen-bond acceptors (Lipinski definition) is 7. The Hall–Kier alpha value is -1.63. The topological polar surface area (TPSA) is 98.0 Å². The second-order valence-electron chi connectivity index (χ2n) is 4.61. The molecule has 4 N–H and O–H groups in total. The van der Waals surface area contributed by atoms with Crippen LogP contribution in [0.3, 0.4) is 0 Å². The minimum atomic E-state index is 0.281. The van der Waals surface area contributed by atoms with Crippen LogP contribution < -0.4 is 21.3 Å². The van der Waals surface area contributed by atoms with Crippen LogP contribution in [0.15, 0.2) is 0 Å². The monoisotopic (exact) mass is 282 g/mol. The first-order chi connectivity index (χ1) is 9.73. The zero-order chi connectivity index (χ0) is 14.8. The van der Waals surface area contributed by atoms with E-state index in [9.17, 15) is 0 Å². The molecule has 0 aliphatic carbocycles. The van der Waals surface area contributed by atoms with Crippen LogP contribution in [-0.4, -0.2) is 27.6 Å². The molecule has 0 saturated carbocycles. The summed E-state index contributed by atoms with van der Waals surface area (Å²) in [7, 11) is 0. The van der Waals surface area contributed by atoms with Crippen LogP contribution in [0.2, 0.25) is 0 Å². The molecule has 114 valence electrons. The summed E-state index contributed by atoms with van der Waals surface area (Å²) in [6.07, 6.45) is 5.67. The van der Waals surface area contributed by atoms with Gasteiger partial charge < -0.3 is 10.1 Å². The molecule has 0 aromatic carbocycles. The highest BCUT2D eigenvalue weighted by Crippen LogP contribution is 2.15. The van der Waals surface area contributed by atoms with Gasteiger partial charge in [0, 0.05) is 6.04 Å². The first kappa shape index (κ1) is 16.4. The van der Waals surface area contributed by atoms with Crippen molar-refractivity contribution < 1.29 is 4.74 Å². The van der Waals surface area contributed by atoms with E-state index in [-0.39, 0.29) is 6.01 Å². The SMILES string of the molecule is CCCCC(CCC)Nc1nc(NN)nc(OCC)n1. The summed E-state index contributed by atoms with van der Waals surface area (Å²) in [6.45, 7) is 6.75. The maximum atomic E-state index is 5.37. The fraction of sp³-hybridized carbons (Fsp3) is 0.769. The third-order valence-corrected chi connectivity index (χ3v) is 2.89. The average Bonchev–Trinajstić information content (AvgIpc) is 2.45. The Morgan fingerprint density at radius 2 is 1.80 bits per heavy atom. The number of nitrogens with two attached hydrogens (primary N) is 1. The molecule has 1 heterocycles. The molecule has 1 atom stereocenters. The van der Waals surface area contributed by atoms with Crippen LogP contribution in [0.4, 0.5) is 11.9 Å². The lowest BCUT2D eigenvalue weighted by Gasteiger charge is -2.18. The van der Waals surface area contributed by atoms with Crippen molar-refractivity contribution in [3.05, 3.63) is 0 Å². The molecule has 0 spiro atoms. The number of nitrogen functional groups attached to an aromatic ring is 1. The van der Waals surface area contributed by atoms with Gasteiger partial charge in [0.15, 0.2) is 0 Å².